The van der Waals surface area contributed by atoms with Crippen LogP contribution in [-0.2, 0) is 6.54 Å². The molecule has 2 aromatic carbocycles. The van der Waals surface area contributed by atoms with Crippen LogP contribution in [0.25, 0.3) is 0 Å². The maximum absolute atomic E-state index is 12.5. The minimum Gasteiger partial charge on any atom is -0.369 e. The lowest BCUT2D eigenvalue weighted by molar-refractivity contribution is 0.250. The molecule has 0 radical (unpaired) electrons. The molecule has 0 aliphatic carbocycles. The molecule has 0 bridgehead atoms. The SMILES string of the molecule is CCC(C)n1ncn(C(=O)Nc2ccc(N3CCN(Cc4ccccc4)CC3)cc2)c1=O. The number of carbonyl (C=O) groups excluding carboxylic acids is 1. The first-order valence-electron chi connectivity index (χ1n) is 11.1. The first-order valence-corrected chi connectivity index (χ1v) is 11.1. The van der Waals surface area contributed by atoms with Gasteiger partial charge in [0.2, 0.25) is 0 Å². The van der Waals surface area contributed by atoms with E-state index in [0.29, 0.717) is 5.69 Å². The molecule has 1 aliphatic rings. The van der Waals surface area contributed by atoms with Crippen molar-refractivity contribution in [3.05, 3.63) is 77.0 Å². The summed E-state index contributed by atoms with van der Waals surface area (Å²) in [6, 6.07) is 17.7. The Morgan fingerprint density at radius 1 is 1.03 bits per heavy atom. The second-order valence-corrected chi connectivity index (χ2v) is 8.21. The second kappa shape index (κ2) is 9.82. The van der Waals surface area contributed by atoms with Gasteiger partial charge in [-0.1, -0.05) is 37.3 Å². The Morgan fingerprint density at radius 3 is 2.38 bits per heavy atom. The third-order valence-corrected chi connectivity index (χ3v) is 6.03. The van der Waals surface area contributed by atoms with Gasteiger partial charge in [0.05, 0.1) is 6.04 Å². The Bertz CT molecular complexity index is 1080. The van der Waals surface area contributed by atoms with Crippen LogP contribution in [0, 0.1) is 0 Å². The van der Waals surface area contributed by atoms with Crippen LogP contribution in [0.5, 0.6) is 0 Å². The van der Waals surface area contributed by atoms with Crippen LogP contribution in [0.2, 0.25) is 0 Å². The molecule has 1 unspecified atom stereocenters. The van der Waals surface area contributed by atoms with Crippen molar-refractivity contribution >= 4 is 17.4 Å². The zero-order chi connectivity index (χ0) is 22.5. The average molecular weight is 435 g/mol. The maximum Gasteiger partial charge on any atom is 0.354 e. The highest BCUT2D eigenvalue weighted by Gasteiger charge is 2.18. The highest BCUT2D eigenvalue weighted by Crippen LogP contribution is 2.20. The molecule has 1 N–H and O–H groups in total. The van der Waals surface area contributed by atoms with Crippen molar-refractivity contribution in [2.45, 2.75) is 32.9 Å². The first-order chi connectivity index (χ1) is 15.5. The van der Waals surface area contributed by atoms with E-state index in [1.165, 1.54) is 16.6 Å². The first kappa shape index (κ1) is 21.8. The lowest BCUT2D eigenvalue weighted by Gasteiger charge is -2.36. The van der Waals surface area contributed by atoms with Gasteiger partial charge in [0.1, 0.15) is 6.33 Å². The van der Waals surface area contributed by atoms with Crippen LogP contribution in [0.3, 0.4) is 0 Å². The molecule has 0 saturated carbocycles. The molecule has 1 atom stereocenters. The Morgan fingerprint density at radius 2 is 1.72 bits per heavy atom. The average Bonchev–Trinajstić information content (AvgIpc) is 3.22. The van der Waals surface area contributed by atoms with Crippen molar-refractivity contribution < 1.29 is 4.79 Å². The Balaban J connectivity index is 1.32. The van der Waals surface area contributed by atoms with E-state index in [0.717, 1.165) is 49.4 Å². The van der Waals surface area contributed by atoms with E-state index in [9.17, 15) is 9.59 Å². The van der Waals surface area contributed by atoms with E-state index in [-0.39, 0.29) is 6.04 Å². The normalized spacial score (nSPS) is 15.5. The predicted molar refractivity (Wildman–Crippen MR) is 126 cm³/mol. The van der Waals surface area contributed by atoms with Crippen LogP contribution in [0.15, 0.2) is 65.7 Å². The summed E-state index contributed by atoms with van der Waals surface area (Å²) in [4.78, 5) is 29.7. The molecule has 4 rings (SSSR count). The summed E-state index contributed by atoms with van der Waals surface area (Å²) >= 11 is 0. The third kappa shape index (κ3) is 4.91. The molecule has 8 nitrogen and oxygen atoms in total. The predicted octanol–water partition coefficient (Wildman–Crippen LogP) is 3.42. The minimum atomic E-state index is -0.508. The molecular weight excluding hydrogens is 404 g/mol. The molecule has 3 aromatic rings. The standard InChI is InChI=1S/C24H30N6O2/c1-3-19(2)30-24(32)29(18-25-30)23(31)26-21-9-11-22(12-10-21)28-15-13-27(14-16-28)17-20-7-5-4-6-8-20/h4-12,18-19H,3,13-17H2,1-2H3,(H,26,31). The van der Waals surface area contributed by atoms with Gasteiger partial charge in [-0.05, 0) is 43.2 Å². The van der Waals surface area contributed by atoms with Crippen molar-refractivity contribution in [2.75, 3.05) is 36.4 Å². The molecule has 8 heteroatoms. The molecule has 1 aromatic heterocycles. The van der Waals surface area contributed by atoms with Gasteiger partial charge >= 0.3 is 11.7 Å². The van der Waals surface area contributed by atoms with Crippen LogP contribution in [-0.4, -0.2) is 51.5 Å². The zero-order valence-electron chi connectivity index (χ0n) is 18.6. The number of nitrogens with one attached hydrogen (secondary N) is 1. The van der Waals surface area contributed by atoms with Crippen molar-refractivity contribution in [1.29, 1.82) is 0 Å². The number of anilines is 2. The number of rotatable bonds is 6. The summed E-state index contributed by atoms with van der Waals surface area (Å²) in [7, 11) is 0. The molecule has 1 amide bonds. The van der Waals surface area contributed by atoms with Crippen molar-refractivity contribution in [2.24, 2.45) is 0 Å². The molecule has 0 spiro atoms. The Hall–Kier alpha value is -3.39. The van der Waals surface area contributed by atoms with Gasteiger partial charge in [-0.25, -0.2) is 14.3 Å². The van der Waals surface area contributed by atoms with Gasteiger partial charge in [-0.3, -0.25) is 4.90 Å². The Labute approximate surface area is 188 Å². The molecular formula is C24H30N6O2. The lowest BCUT2D eigenvalue weighted by atomic mass is 10.2. The summed E-state index contributed by atoms with van der Waals surface area (Å²) < 4.78 is 2.34. The molecule has 1 fully saturated rings. The lowest BCUT2D eigenvalue weighted by Crippen LogP contribution is -2.45. The van der Waals surface area contributed by atoms with Crippen LogP contribution < -0.4 is 15.9 Å². The quantitative estimate of drug-likeness (QED) is 0.643. The maximum atomic E-state index is 12.5. The molecule has 1 aliphatic heterocycles. The fourth-order valence-corrected chi connectivity index (χ4v) is 3.88. The van der Waals surface area contributed by atoms with Crippen LogP contribution in [0.1, 0.15) is 31.9 Å². The topological polar surface area (TPSA) is 75.4 Å². The second-order valence-electron chi connectivity index (χ2n) is 8.21. The largest absolute Gasteiger partial charge is 0.369 e. The molecule has 32 heavy (non-hydrogen) atoms. The Kier molecular flexibility index (Phi) is 6.70. The van der Waals surface area contributed by atoms with Crippen LogP contribution in [0.4, 0.5) is 16.2 Å². The number of carbonyl (C=O) groups is 1. The summed E-state index contributed by atoms with van der Waals surface area (Å²) in [5.41, 5.74) is 2.69. The van der Waals surface area contributed by atoms with Gasteiger partial charge < -0.3 is 10.2 Å². The van der Waals surface area contributed by atoms with Gasteiger partial charge in [0.25, 0.3) is 0 Å². The number of piperazine rings is 1. The van der Waals surface area contributed by atoms with Crippen molar-refractivity contribution in [3.8, 4) is 0 Å². The fraction of sp³-hybridized carbons (Fsp3) is 0.375. The number of hydrogen-bond acceptors (Lipinski definition) is 5. The number of aromatic nitrogens is 3. The molecule has 2 heterocycles. The number of nitrogens with zero attached hydrogens (tertiary/aromatic N) is 5. The number of hydrogen-bond donors (Lipinski definition) is 1. The van der Waals surface area contributed by atoms with E-state index < -0.39 is 11.7 Å². The summed E-state index contributed by atoms with van der Waals surface area (Å²) in [5.74, 6) is 0. The van der Waals surface area contributed by atoms with Crippen molar-refractivity contribution in [1.82, 2.24) is 19.2 Å². The highest BCUT2D eigenvalue weighted by molar-refractivity contribution is 5.90. The highest BCUT2D eigenvalue weighted by atomic mass is 16.2. The zero-order valence-corrected chi connectivity index (χ0v) is 18.6. The van der Waals surface area contributed by atoms with E-state index in [1.54, 1.807) is 0 Å². The summed E-state index contributed by atoms with van der Waals surface area (Å²) in [5, 5.41) is 6.83. The number of benzene rings is 2. The monoisotopic (exact) mass is 434 g/mol. The van der Waals surface area contributed by atoms with E-state index in [4.69, 9.17) is 0 Å². The third-order valence-electron chi connectivity index (χ3n) is 6.03. The van der Waals surface area contributed by atoms with E-state index >= 15 is 0 Å². The van der Waals surface area contributed by atoms with Gasteiger partial charge in [0, 0.05) is 44.1 Å². The van der Waals surface area contributed by atoms with Crippen molar-refractivity contribution in [3.63, 3.8) is 0 Å². The molecule has 168 valence electrons. The summed E-state index contributed by atoms with van der Waals surface area (Å²) in [6.07, 6.45) is 2.04. The van der Waals surface area contributed by atoms with E-state index in [2.05, 4.69) is 44.5 Å². The summed E-state index contributed by atoms with van der Waals surface area (Å²) in [6.45, 7) is 8.79. The number of amides is 1. The minimum absolute atomic E-state index is 0.0519. The van der Waals surface area contributed by atoms with Gasteiger partial charge in [-0.2, -0.15) is 9.67 Å². The van der Waals surface area contributed by atoms with Crippen LogP contribution >= 0.6 is 0 Å². The molecule has 1 saturated heterocycles. The van der Waals surface area contributed by atoms with E-state index in [1.807, 2.05) is 44.2 Å². The van der Waals surface area contributed by atoms with Gasteiger partial charge in [0.15, 0.2) is 0 Å². The smallest absolute Gasteiger partial charge is 0.354 e. The fourth-order valence-electron chi connectivity index (χ4n) is 3.88. The van der Waals surface area contributed by atoms with Gasteiger partial charge in [-0.15, -0.1) is 0 Å².